The van der Waals surface area contributed by atoms with E-state index in [2.05, 4.69) is 38.2 Å². The van der Waals surface area contributed by atoms with E-state index in [9.17, 15) is 4.79 Å². The molecule has 1 N–H and O–H groups in total. The van der Waals surface area contributed by atoms with Crippen LogP contribution in [0, 0.1) is 0 Å². The number of amides is 1. The number of hydrogen-bond acceptors (Lipinski definition) is 3. The molecule has 5 heteroatoms. The lowest BCUT2D eigenvalue weighted by Crippen LogP contribution is -2.47. The topological polar surface area (TPSA) is 47.6 Å². The first-order valence-corrected chi connectivity index (χ1v) is 9.42. The molecule has 0 spiro atoms. The van der Waals surface area contributed by atoms with Crippen LogP contribution in [0.1, 0.15) is 40.2 Å². The average Bonchev–Trinajstić information content (AvgIpc) is 2.60. The van der Waals surface area contributed by atoms with Gasteiger partial charge >= 0.3 is 0 Å². The average molecular weight is 390 g/mol. The fourth-order valence-corrected chi connectivity index (χ4v) is 2.57. The van der Waals surface area contributed by atoms with Gasteiger partial charge in [-0.25, -0.2) is 0 Å². The number of rotatable bonds is 7. The Hall–Kier alpha value is -2.20. The third-order valence-electron chi connectivity index (χ3n) is 4.11. The molecule has 2 aromatic carbocycles. The second-order valence-electron chi connectivity index (χ2n) is 7.95. The van der Waals surface area contributed by atoms with Crippen LogP contribution >= 0.6 is 11.6 Å². The van der Waals surface area contributed by atoms with Crippen LogP contribution in [0.25, 0.3) is 0 Å². The van der Waals surface area contributed by atoms with Gasteiger partial charge < -0.3 is 14.8 Å². The van der Waals surface area contributed by atoms with E-state index in [1.165, 1.54) is 5.56 Å². The van der Waals surface area contributed by atoms with Crippen molar-refractivity contribution in [3.05, 3.63) is 59.1 Å². The highest BCUT2D eigenvalue weighted by atomic mass is 35.5. The van der Waals surface area contributed by atoms with E-state index < -0.39 is 5.60 Å². The molecule has 0 fully saturated rings. The third-order valence-corrected chi connectivity index (χ3v) is 4.36. The standard InChI is InChI=1S/C22H28ClNO3/c1-21(2,3)16-6-10-18(11-7-16)26-15-14-24-20(25)22(4,5)27-19-12-8-17(23)9-13-19/h6-13H,14-15H2,1-5H3,(H,24,25). The number of halogens is 1. The zero-order valence-corrected chi connectivity index (χ0v) is 17.4. The van der Waals surface area contributed by atoms with Crippen LogP contribution in [0.4, 0.5) is 0 Å². The van der Waals surface area contributed by atoms with Gasteiger partial charge in [-0.05, 0) is 61.2 Å². The fourth-order valence-electron chi connectivity index (χ4n) is 2.44. The summed E-state index contributed by atoms with van der Waals surface area (Å²) in [4.78, 5) is 12.4. The van der Waals surface area contributed by atoms with Gasteiger partial charge in [0.05, 0.1) is 6.54 Å². The molecule has 2 rings (SSSR count). The number of carbonyl (C=O) groups excluding carboxylic acids is 1. The molecule has 0 aliphatic carbocycles. The Morgan fingerprint density at radius 2 is 1.48 bits per heavy atom. The van der Waals surface area contributed by atoms with Crippen molar-refractivity contribution in [2.75, 3.05) is 13.2 Å². The summed E-state index contributed by atoms with van der Waals surface area (Å²) < 4.78 is 11.5. The van der Waals surface area contributed by atoms with Crippen LogP contribution in [0.3, 0.4) is 0 Å². The predicted molar refractivity (Wildman–Crippen MR) is 110 cm³/mol. The molecule has 0 bridgehead atoms. The quantitative estimate of drug-likeness (QED) is 0.678. The summed E-state index contributed by atoms with van der Waals surface area (Å²) in [5.41, 5.74) is 0.369. The van der Waals surface area contributed by atoms with Crippen molar-refractivity contribution in [1.29, 1.82) is 0 Å². The molecule has 0 aliphatic heterocycles. The van der Waals surface area contributed by atoms with Crippen LogP contribution < -0.4 is 14.8 Å². The maximum Gasteiger partial charge on any atom is 0.263 e. The SMILES string of the molecule is CC(C)(Oc1ccc(Cl)cc1)C(=O)NCCOc1ccc(C(C)(C)C)cc1. The van der Waals surface area contributed by atoms with Crippen LogP contribution in [0.2, 0.25) is 5.02 Å². The first-order valence-electron chi connectivity index (χ1n) is 9.04. The predicted octanol–water partition coefficient (Wildman–Crippen LogP) is 4.99. The van der Waals surface area contributed by atoms with Gasteiger partial charge in [0, 0.05) is 5.02 Å². The molecule has 1 amide bonds. The maximum absolute atomic E-state index is 12.4. The molecule has 0 aliphatic rings. The van der Waals surface area contributed by atoms with Gasteiger partial charge in [-0.15, -0.1) is 0 Å². The summed E-state index contributed by atoms with van der Waals surface area (Å²) in [6.45, 7) is 10.8. The van der Waals surface area contributed by atoms with Gasteiger partial charge in [-0.1, -0.05) is 44.5 Å². The van der Waals surface area contributed by atoms with Crippen molar-refractivity contribution in [3.8, 4) is 11.5 Å². The van der Waals surface area contributed by atoms with E-state index in [-0.39, 0.29) is 11.3 Å². The van der Waals surface area contributed by atoms with E-state index in [4.69, 9.17) is 21.1 Å². The minimum atomic E-state index is -0.998. The Bertz CT molecular complexity index is 747. The summed E-state index contributed by atoms with van der Waals surface area (Å²) in [6.07, 6.45) is 0. The maximum atomic E-state index is 12.4. The first-order chi connectivity index (χ1) is 12.6. The molecule has 0 radical (unpaired) electrons. The fraction of sp³-hybridized carbons (Fsp3) is 0.409. The molecule has 2 aromatic rings. The Morgan fingerprint density at radius 1 is 0.926 bits per heavy atom. The van der Waals surface area contributed by atoms with E-state index in [1.807, 2.05) is 12.1 Å². The van der Waals surface area contributed by atoms with Gasteiger partial charge in [0.2, 0.25) is 0 Å². The number of benzene rings is 2. The lowest BCUT2D eigenvalue weighted by atomic mass is 9.87. The third kappa shape index (κ3) is 6.47. The van der Waals surface area contributed by atoms with Gasteiger partial charge in [0.1, 0.15) is 18.1 Å². The molecule has 4 nitrogen and oxygen atoms in total. The largest absolute Gasteiger partial charge is 0.492 e. The minimum absolute atomic E-state index is 0.113. The molecule has 0 saturated carbocycles. The van der Waals surface area contributed by atoms with Crippen LogP contribution in [-0.4, -0.2) is 24.7 Å². The highest BCUT2D eigenvalue weighted by molar-refractivity contribution is 6.30. The van der Waals surface area contributed by atoms with E-state index in [1.54, 1.807) is 38.1 Å². The Morgan fingerprint density at radius 3 is 2.04 bits per heavy atom. The van der Waals surface area contributed by atoms with Crippen molar-refractivity contribution in [3.63, 3.8) is 0 Å². The minimum Gasteiger partial charge on any atom is -0.492 e. The van der Waals surface area contributed by atoms with Crippen LogP contribution in [0.5, 0.6) is 11.5 Å². The second kappa shape index (κ2) is 8.66. The Labute approximate surface area is 166 Å². The number of hydrogen-bond donors (Lipinski definition) is 1. The van der Waals surface area contributed by atoms with Crippen molar-refractivity contribution in [2.24, 2.45) is 0 Å². The monoisotopic (exact) mass is 389 g/mol. The molecule has 146 valence electrons. The molecule has 0 unspecified atom stereocenters. The summed E-state index contributed by atoms with van der Waals surface area (Å²) in [6, 6.07) is 15.0. The van der Waals surface area contributed by atoms with Gasteiger partial charge in [-0.3, -0.25) is 4.79 Å². The first kappa shape index (κ1) is 21.1. The molecule has 0 aromatic heterocycles. The van der Waals surface area contributed by atoms with Crippen LogP contribution in [0.15, 0.2) is 48.5 Å². The molecule has 27 heavy (non-hydrogen) atoms. The molecule has 0 heterocycles. The van der Waals surface area contributed by atoms with E-state index >= 15 is 0 Å². The highest BCUT2D eigenvalue weighted by Crippen LogP contribution is 2.24. The summed E-state index contributed by atoms with van der Waals surface area (Å²) >= 11 is 5.86. The molecular formula is C22H28ClNO3. The summed E-state index contributed by atoms with van der Waals surface area (Å²) in [5, 5.41) is 3.47. The lowest BCUT2D eigenvalue weighted by molar-refractivity contribution is -0.134. The molecule has 0 atom stereocenters. The zero-order valence-electron chi connectivity index (χ0n) is 16.6. The Kier molecular flexibility index (Phi) is 6.77. The summed E-state index contributed by atoms with van der Waals surface area (Å²) in [5.74, 6) is 1.17. The van der Waals surface area contributed by atoms with Gasteiger partial charge in [0.15, 0.2) is 5.60 Å². The van der Waals surface area contributed by atoms with Crippen molar-refractivity contribution >= 4 is 17.5 Å². The molecule has 0 saturated heterocycles. The lowest BCUT2D eigenvalue weighted by Gasteiger charge is -2.25. The smallest absolute Gasteiger partial charge is 0.263 e. The van der Waals surface area contributed by atoms with Crippen LogP contribution in [-0.2, 0) is 10.2 Å². The van der Waals surface area contributed by atoms with E-state index in [0.29, 0.717) is 23.9 Å². The van der Waals surface area contributed by atoms with Gasteiger partial charge in [-0.2, -0.15) is 0 Å². The Balaban J connectivity index is 1.78. The van der Waals surface area contributed by atoms with Crippen molar-refractivity contribution in [2.45, 2.75) is 45.6 Å². The van der Waals surface area contributed by atoms with E-state index in [0.717, 1.165) is 5.75 Å². The highest BCUT2D eigenvalue weighted by Gasteiger charge is 2.29. The molecular weight excluding hydrogens is 362 g/mol. The van der Waals surface area contributed by atoms with Crippen molar-refractivity contribution < 1.29 is 14.3 Å². The number of nitrogens with one attached hydrogen (secondary N) is 1. The number of ether oxygens (including phenoxy) is 2. The summed E-state index contributed by atoms with van der Waals surface area (Å²) in [7, 11) is 0. The van der Waals surface area contributed by atoms with Crippen molar-refractivity contribution in [1.82, 2.24) is 5.32 Å². The second-order valence-corrected chi connectivity index (χ2v) is 8.38. The van der Waals surface area contributed by atoms with Gasteiger partial charge in [0.25, 0.3) is 5.91 Å². The zero-order chi connectivity index (χ0) is 20.1. The number of carbonyl (C=O) groups is 1. The normalized spacial score (nSPS) is 11.8.